The summed E-state index contributed by atoms with van der Waals surface area (Å²) in [6, 6.07) is 14.8. The van der Waals surface area contributed by atoms with Crippen molar-refractivity contribution in [1.82, 2.24) is 15.3 Å². The summed E-state index contributed by atoms with van der Waals surface area (Å²) in [4.78, 5) is 19.9. The van der Waals surface area contributed by atoms with Gasteiger partial charge in [0.1, 0.15) is 0 Å². The van der Waals surface area contributed by atoms with Crippen LogP contribution >= 0.6 is 11.6 Å². The van der Waals surface area contributed by atoms with Crippen LogP contribution in [0.2, 0.25) is 5.02 Å². The summed E-state index contributed by atoms with van der Waals surface area (Å²) < 4.78 is 40.6. The molecule has 0 saturated carbocycles. The van der Waals surface area contributed by atoms with Crippen molar-refractivity contribution in [1.29, 1.82) is 0 Å². The van der Waals surface area contributed by atoms with Crippen molar-refractivity contribution in [3.8, 4) is 0 Å². The molecule has 0 saturated heterocycles. The number of amides is 1. The quantitative estimate of drug-likeness (QED) is 0.581. The normalized spacial score (nSPS) is 12.3. The number of hydrogen-bond acceptors (Lipinski definition) is 4. The fourth-order valence-corrected chi connectivity index (χ4v) is 2.81. The standard InChI is InChI=1S/C20H16ClF3N4O/c1-12(13-6-3-2-4-7-13)26-18(29)16-11-25-19(28-17(16)20(22,23)24)27-15-9-5-8-14(21)10-15/h2-12H,1H3,(H,26,29)(H,25,27,28)/t12-/m1/s1. The van der Waals surface area contributed by atoms with Crippen LogP contribution in [0.15, 0.2) is 60.8 Å². The highest BCUT2D eigenvalue weighted by Gasteiger charge is 2.38. The molecule has 3 rings (SSSR count). The number of halogens is 4. The second-order valence-corrected chi connectivity index (χ2v) is 6.63. The van der Waals surface area contributed by atoms with Gasteiger partial charge in [-0.25, -0.2) is 9.97 Å². The first-order valence-electron chi connectivity index (χ1n) is 8.56. The molecule has 0 radical (unpaired) electrons. The number of nitrogens with one attached hydrogen (secondary N) is 2. The molecule has 0 spiro atoms. The number of alkyl halides is 3. The second kappa shape index (κ2) is 8.48. The van der Waals surface area contributed by atoms with Crippen LogP contribution in [0.25, 0.3) is 0 Å². The van der Waals surface area contributed by atoms with Gasteiger partial charge in [0, 0.05) is 16.9 Å². The molecule has 29 heavy (non-hydrogen) atoms. The van der Waals surface area contributed by atoms with Gasteiger partial charge in [-0.15, -0.1) is 0 Å². The minimum absolute atomic E-state index is 0.299. The van der Waals surface area contributed by atoms with Crippen molar-refractivity contribution in [3.63, 3.8) is 0 Å². The van der Waals surface area contributed by atoms with Crippen LogP contribution < -0.4 is 10.6 Å². The average molecular weight is 421 g/mol. The van der Waals surface area contributed by atoms with Gasteiger partial charge >= 0.3 is 6.18 Å². The number of carbonyl (C=O) groups excluding carboxylic acids is 1. The van der Waals surface area contributed by atoms with Gasteiger partial charge in [0.15, 0.2) is 5.69 Å². The topological polar surface area (TPSA) is 66.9 Å². The Hall–Kier alpha value is -3.13. The van der Waals surface area contributed by atoms with E-state index in [0.717, 1.165) is 11.8 Å². The van der Waals surface area contributed by atoms with Crippen molar-refractivity contribution < 1.29 is 18.0 Å². The van der Waals surface area contributed by atoms with E-state index in [-0.39, 0.29) is 5.95 Å². The molecule has 0 aliphatic rings. The van der Waals surface area contributed by atoms with Crippen molar-refractivity contribution in [2.45, 2.75) is 19.1 Å². The van der Waals surface area contributed by atoms with Crippen molar-refractivity contribution in [2.75, 3.05) is 5.32 Å². The number of anilines is 2. The fraction of sp³-hybridized carbons (Fsp3) is 0.150. The van der Waals surface area contributed by atoms with Gasteiger partial charge in [-0.1, -0.05) is 48.0 Å². The molecule has 0 bridgehead atoms. The van der Waals surface area contributed by atoms with Gasteiger partial charge in [-0.2, -0.15) is 13.2 Å². The van der Waals surface area contributed by atoms with E-state index in [9.17, 15) is 18.0 Å². The SMILES string of the molecule is C[C@@H](NC(=O)c1cnc(Nc2cccc(Cl)c2)nc1C(F)(F)F)c1ccccc1. The summed E-state index contributed by atoms with van der Waals surface area (Å²) in [6.45, 7) is 1.68. The molecule has 0 fully saturated rings. The minimum Gasteiger partial charge on any atom is -0.345 e. The molecule has 1 atom stereocenters. The van der Waals surface area contributed by atoms with E-state index in [1.54, 1.807) is 55.5 Å². The Kier molecular flexibility index (Phi) is 6.03. The fourth-order valence-electron chi connectivity index (χ4n) is 2.62. The smallest absolute Gasteiger partial charge is 0.345 e. The predicted molar refractivity (Wildman–Crippen MR) is 104 cm³/mol. The zero-order valence-electron chi connectivity index (χ0n) is 15.2. The summed E-state index contributed by atoms with van der Waals surface area (Å²) in [6.07, 6.45) is -3.98. The molecular weight excluding hydrogens is 405 g/mol. The maximum atomic E-state index is 13.5. The van der Waals surface area contributed by atoms with Crippen LogP contribution in [0.5, 0.6) is 0 Å². The van der Waals surface area contributed by atoms with E-state index in [4.69, 9.17) is 11.6 Å². The maximum Gasteiger partial charge on any atom is 0.434 e. The second-order valence-electron chi connectivity index (χ2n) is 6.19. The Balaban J connectivity index is 1.87. The zero-order valence-corrected chi connectivity index (χ0v) is 15.9. The molecule has 0 aliphatic carbocycles. The Bertz CT molecular complexity index is 1010. The molecule has 9 heteroatoms. The van der Waals surface area contributed by atoms with Crippen LogP contribution in [0.1, 0.15) is 34.6 Å². The summed E-state index contributed by atoms with van der Waals surface area (Å²) >= 11 is 5.87. The number of benzene rings is 2. The summed E-state index contributed by atoms with van der Waals surface area (Å²) in [7, 11) is 0. The molecule has 3 aromatic rings. The van der Waals surface area contributed by atoms with E-state index in [2.05, 4.69) is 20.6 Å². The van der Waals surface area contributed by atoms with Gasteiger partial charge < -0.3 is 10.6 Å². The monoisotopic (exact) mass is 420 g/mol. The zero-order chi connectivity index (χ0) is 21.0. The van der Waals surface area contributed by atoms with Crippen LogP contribution in [0.4, 0.5) is 24.8 Å². The Labute approximate surface area is 170 Å². The highest BCUT2D eigenvalue weighted by Crippen LogP contribution is 2.31. The predicted octanol–water partition coefficient (Wildman–Crippen LogP) is 5.38. The first-order valence-corrected chi connectivity index (χ1v) is 8.94. The number of hydrogen-bond donors (Lipinski definition) is 2. The Morgan fingerprint density at radius 2 is 1.83 bits per heavy atom. The van der Waals surface area contributed by atoms with Gasteiger partial charge in [0.2, 0.25) is 5.95 Å². The average Bonchev–Trinajstić information content (AvgIpc) is 2.68. The largest absolute Gasteiger partial charge is 0.434 e. The highest BCUT2D eigenvalue weighted by molar-refractivity contribution is 6.30. The van der Waals surface area contributed by atoms with E-state index in [0.29, 0.717) is 10.7 Å². The van der Waals surface area contributed by atoms with Crippen LogP contribution in [-0.4, -0.2) is 15.9 Å². The molecule has 5 nitrogen and oxygen atoms in total. The lowest BCUT2D eigenvalue weighted by atomic mass is 10.1. The first kappa shape index (κ1) is 20.6. The number of aromatic nitrogens is 2. The lowest BCUT2D eigenvalue weighted by Crippen LogP contribution is -2.29. The van der Waals surface area contributed by atoms with Crippen molar-refractivity contribution in [3.05, 3.63) is 82.6 Å². The molecular formula is C20H16ClF3N4O. The van der Waals surface area contributed by atoms with Gasteiger partial charge in [-0.3, -0.25) is 4.79 Å². The van der Waals surface area contributed by atoms with E-state index in [1.807, 2.05) is 0 Å². The van der Waals surface area contributed by atoms with Crippen LogP contribution in [0.3, 0.4) is 0 Å². The lowest BCUT2D eigenvalue weighted by molar-refractivity contribution is -0.141. The van der Waals surface area contributed by atoms with Crippen molar-refractivity contribution in [2.24, 2.45) is 0 Å². The van der Waals surface area contributed by atoms with Crippen LogP contribution in [-0.2, 0) is 6.18 Å². The number of rotatable bonds is 5. The molecule has 0 unspecified atom stereocenters. The molecule has 0 aliphatic heterocycles. The van der Waals surface area contributed by atoms with E-state index >= 15 is 0 Å². The third-order valence-electron chi connectivity index (χ3n) is 4.03. The lowest BCUT2D eigenvalue weighted by Gasteiger charge is -2.17. The molecule has 2 N–H and O–H groups in total. The minimum atomic E-state index is -4.84. The molecule has 1 aromatic heterocycles. The number of carbonyl (C=O) groups is 1. The third kappa shape index (κ3) is 5.23. The molecule has 2 aromatic carbocycles. The number of nitrogens with zero attached hydrogens (tertiary/aromatic N) is 2. The van der Waals surface area contributed by atoms with Gasteiger partial charge in [0.25, 0.3) is 5.91 Å². The summed E-state index contributed by atoms with van der Waals surface area (Å²) in [5.41, 5.74) is -0.804. The first-order chi connectivity index (χ1) is 13.7. The van der Waals surface area contributed by atoms with Gasteiger partial charge in [-0.05, 0) is 30.7 Å². The summed E-state index contributed by atoms with van der Waals surface area (Å²) in [5.74, 6) is -1.21. The molecule has 150 valence electrons. The summed E-state index contributed by atoms with van der Waals surface area (Å²) in [5, 5.41) is 5.60. The van der Waals surface area contributed by atoms with E-state index in [1.165, 1.54) is 6.07 Å². The Morgan fingerprint density at radius 3 is 2.48 bits per heavy atom. The van der Waals surface area contributed by atoms with Crippen LogP contribution in [0, 0.1) is 0 Å². The molecule has 1 heterocycles. The maximum absolute atomic E-state index is 13.5. The highest BCUT2D eigenvalue weighted by atomic mass is 35.5. The van der Waals surface area contributed by atoms with Crippen molar-refractivity contribution >= 4 is 29.1 Å². The van der Waals surface area contributed by atoms with Gasteiger partial charge in [0.05, 0.1) is 11.6 Å². The third-order valence-corrected chi connectivity index (χ3v) is 4.26. The Morgan fingerprint density at radius 1 is 1.10 bits per heavy atom. The molecule has 1 amide bonds. The van der Waals surface area contributed by atoms with E-state index < -0.39 is 29.4 Å².